The standard InChI is InChI=1S/C29H42N4O10/c1-14(2)11-19(24(36)21-13-43-21)30-27(39)22(16(4)34)33-28(40)23(17(5)35)32-26(38)15(3)25(37)31-20(29(41)42)12-18-9-7-6-8-10-18/h6-10,14-17,19-23,34-35H,11-13H2,1-5H3,(H,30,39)(H,31,37)(H,32,38)(H,33,40)(H,41,42)/t15?,16-,17+,19-,20-,21+,22-,23-/m0/s1. The van der Waals surface area contributed by atoms with E-state index < -0.39 is 78.0 Å². The summed E-state index contributed by atoms with van der Waals surface area (Å²) in [4.78, 5) is 76.0. The number of carbonyl (C=O) groups excluding carboxylic acids is 5. The van der Waals surface area contributed by atoms with E-state index in [1.165, 1.54) is 20.8 Å². The number of nitrogens with one attached hydrogen (secondary N) is 4. The topological polar surface area (TPSA) is 224 Å². The van der Waals surface area contributed by atoms with Gasteiger partial charge in [0.15, 0.2) is 5.78 Å². The first-order valence-corrected chi connectivity index (χ1v) is 14.1. The quantitative estimate of drug-likeness (QED) is 0.0817. The Kier molecular flexibility index (Phi) is 13.2. The van der Waals surface area contributed by atoms with Crippen LogP contribution in [0.2, 0.25) is 0 Å². The molecule has 0 spiro atoms. The SMILES string of the molecule is CC(C)C[C@H](NC(=O)[C@@H](NC(=O)[C@@H](NC(=O)C(C)C(=O)N[C@@H](Cc1ccccc1)C(=O)O)[C@@H](C)O)[C@H](C)O)C(=O)[C@H]1CO1. The smallest absolute Gasteiger partial charge is 0.326 e. The van der Waals surface area contributed by atoms with E-state index in [-0.39, 0.29) is 24.7 Å². The Labute approximate surface area is 249 Å². The van der Waals surface area contributed by atoms with Crippen LogP contribution >= 0.6 is 0 Å². The van der Waals surface area contributed by atoms with Crippen molar-refractivity contribution < 1.29 is 48.8 Å². The van der Waals surface area contributed by atoms with Gasteiger partial charge in [0.1, 0.15) is 30.1 Å². The predicted molar refractivity (Wildman–Crippen MR) is 152 cm³/mol. The van der Waals surface area contributed by atoms with Gasteiger partial charge in [-0.3, -0.25) is 24.0 Å². The molecule has 1 saturated heterocycles. The summed E-state index contributed by atoms with van der Waals surface area (Å²) in [5.74, 6) is -6.88. The van der Waals surface area contributed by atoms with Crippen LogP contribution < -0.4 is 21.3 Å². The summed E-state index contributed by atoms with van der Waals surface area (Å²) in [6, 6.07) is 3.11. The summed E-state index contributed by atoms with van der Waals surface area (Å²) in [7, 11) is 0. The Balaban J connectivity index is 2.07. The van der Waals surface area contributed by atoms with E-state index >= 15 is 0 Å². The molecule has 7 N–H and O–H groups in total. The molecule has 1 aliphatic heterocycles. The van der Waals surface area contributed by atoms with Crippen molar-refractivity contribution in [2.24, 2.45) is 11.8 Å². The number of carbonyl (C=O) groups is 6. The molecule has 1 aromatic carbocycles. The van der Waals surface area contributed by atoms with Gasteiger partial charge in [0.25, 0.3) is 0 Å². The van der Waals surface area contributed by atoms with Gasteiger partial charge in [-0.1, -0.05) is 44.2 Å². The number of carboxylic acid groups (broad SMARTS) is 1. The Morgan fingerprint density at radius 3 is 1.70 bits per heavy atom. The van der Waals surface area contributed by atoms with Crippen molar-refractivity contribution >= 4 is 35.4 Å². The van der Waals surface area contributed by atoms with Gasteiger partial charge in [-0.15, -0.1) is 0 Å². The minimum atomic E-state index is -1.65. The lowest BCUT2D eigenvalue weighted by atomic mass is 9.98. The molecule has 0 bridgehead atoms. The first kappa shape index (κ1) is 35.3. The fourth-order valence-electron chi connectivity index (χ4n) is 4.21. The number of epoxide rings is 1. The second-order valence-corrected chi connectivity index (χ2v) is 11.2. The van der Waals surface area contributed by atoms with Gasteiger partial charge in [-0.05, 0) is 38.7 Å². The van der Waals surface area contributed by atoms with Crippen LogP contribution in [-0.4, -0.2) is 99.8 Å². The van der Waals surface area contributed by atoms with Gasteiger partial charge >= 0.3 is 5.97 Å². The first-order valence-electron chi connectivity index (χ1n) is 14.1. The van der Waals surface area contributed by atoms with E-state index in [4.69, 9.17) is 4.74 Å². The van der Waals surface area contributed by atoms with Crippen LogP contribution in [0.25, 0.3) is 0 Å². The van der Waals surface area contributed by atoms with Crippen LogP contribution in [0, 0.1) is 11.8 Å². The molecule has 2 rings (SSSR count). The maximum absolute atomic E-state index is 13.1. The number of benzene rings is 1. The number of aliphatic hydroxyl groups is 2. The van der Waals surface area contributed by atoms with Gasteiger partial charge in [0.2, 0.25) is 23.6 Å². The summed E-state index contributed by atoms with van der Waals surface area (Å²) in [6.07, 6.45) is -3.28. The average molecular weight is 607 g/mol. The Morgan fingerprint density at radius 2 is 1.23 bits per heavy atom. The lowest BCUT2D eigenvalue weighted by Crippen LogP contribution is -2.61. The number of Topliss-reactive ketones (excluding diaryl/α,β-unsaturated/α-hetero) is 1. The van der Waals surface area contributed by atoms with Crippen LogP contribution in [0.3, 0.4) is 0 Å². The summed E-state index contributed by atoms with van der Waals surface area (Å²) in [6.45, 7) is 7.60. The van der Waals surface area contributed by atoms with E-state index in [0.717, 1.165) is 0 Å². The molecule has 43 heavy (non-hydrogen) atoms. The molecule has 1 unspecified atom stereocenters. The molecule has 0 radical (unpaired) electrons. The molecule has 0 aliphatic carbocycles. The van der Waals surface area contributed by atoms with E-state index in [1.807, 2.05) is 13.8 Å². The minimum absolute atomic E-state index is 0.0327. The van der Waals surface area contributed by atoms with E-state index in [9.17, 15) is 44.1 Å². The maximum atomic E-state index is 13.1. The lowest BCUT2D eigenvalue weighted by molar-refractivity contribution is -0.144. The molecule has 238 valence electrons. The van der Waals surface area contributed by atoms with Crippen molar-refractivity contribution in [3.05, 3.63) is 35.9 Å². The minimum Gasteiger partial charge on any atom is -0.480 e. The van der Waals surface area contributed by atoms with Crippen LogP contribution in [0.4, 0.5) is 0 Å². The largest absolute Gasteiger partial charge is 0.480 e. The number of ether oxygens (including phenoxy) is 1. The summed E-state index contributed by atoms with van der Waals surface area (Å²) in [5, 5.41) is 39.4. The van der Waals surface area contributed by atoms with Gasteiger partial charge in [-0.25, -0.2) is 4.79 Å². The Morgan fingerprint density at radius 1 is 0.767 bits per heavy atom. The number of rotatable bonds is 17. The van der Waals surface area contributed by atoms with Crippen LogP contribution in [0.15, 0.2) is 30.3 Å². The highest BCUT2D eigenvalue weighted by Gasteiger charge is 2.39. The maximum Gasteiger partial charge on any atom is 0.326 e. The molecule has 0 saturated carbocycles. The zero-order valence-electron chi connectivity index (χ0n) is 24.9. The number of ketones is 1. The third-order valence-electron chi connectivity index (χ3n) is 6.83. The van der Waals surface area contributed by atoms with Crippen molar-refractivity contribution in [1.82, 2.24) is 21.3 Å². The average Bonchev–Trinajstić information content (AvgIpc) is 3.78. The number of amides is 4. The third-order valence-corrected chi connectivity index (χ3v) is 6.83. The van der Waals surface area contributed by atoms with Crippen LogP contribution in [-0.2, 0) is 39.9 Å². The monoisotopic (exact) mass is 606 g/mol. The number of carboxylic acids is 1. The van der Waals surface area contributed by atoms with E-state index in [1.54, 1.807) is 30.3 Å². The molecule has 1 aliphatic rings. The zero-order chi connectivity index (χ0) is 32.4. The number of aliphatic hydroxyl groups excluding tert-OH is 2. The first-order chi connectivity index (χ1) is 20.1. The number of hydrogen-bond acceptors (Lipinski definition) is 9. The Hall–Kier alpha value is -3.88. The Bertz CT molecular complexity index is 1150. The van der Waals surface area contributed by atoms with Crippen molar-refractivity contribution in [2.75, 3.05) is 6.61 Å². The van der Waals surface area contributed by atoms with Crippen LogP contribution in [0.5, 0.6) is 0 Å². The van der Waals surface area contributed by atoms with Gasteiger partial charge in [0.05, 0.1) is 24.9 Å². The van der Waals surface area contributed by atoms with Crippen molar-refractivity contribution in [3.8, 4) is 0 Å². The van der Waals surface area contributed by atoms with Gasteiger partial charge in [0, 0.05) is 6.42 Å². The lowest BCUT2D eigenvalue weighted by Gasteiger charge is -2.28. The summed E-state index contributed by atoms with van der Waals surface area (Å²) < 4.78 is 5.03. The number of hydrogen-bond donors (Lipinski definition) is 7. The highest BCUT2D eigenvalue weighted by atomic mass is 16.6. The fourth-order valence-corrected chi connectivity index (χ4v) is 4.21. The second kappa shape index (κ2) is 16.1. The van der Waals surface area contributed by atoms with E-state index in [0.29, 0.717) is 12.0 Å². The normalized spacial score (nSPS) is 19.0. The molecule has 4 amide bonds. The highest BCUT2D eigenvalue weighted by molar-refractivity contribution is 6.03. The third kappa shape index (κ3) is 11.0. The fraction of sp³-hybridized carbons (Fsp3) is 0.586. The molecular weight excluding hydrogens is 564 g/mol. The molecule has 8 atom stereocenters. The highest BCUT2D eigenvalue weighted by Crippen LogP contribution is 2.17. The molecule has 1 fully saturated rings. The summed E-state index contributed by atoms with van der Waals surface area (Å²) in [5.41, 5.74) is 0.649. The molecule has 14 heteroatoms. The van der Waals surface area contributed by atoms with E-state index in [2.05, 4.69) is 21.3 Å². The molecule has 14 nitrogen and oxygen atoms in total. The van der Waals surface area contributed by atoms with Crippen molar-refractivity contribution in [3.63, 3.8) is 0 Å². The van der Waals surface area contributed by atoms with Crippen molar-refractivity contribution in [2.45, 2.75) is 89.9 Å². The van der Waals surface area contributed by atoms with Crippen LogP contribution in [0.1, 0.15) is 46.6 Å². The number of aliphatic carboxylic acids is 1. The summed E-state index contributed by atoms with van der Waals surface area (Å²) >= 11 is 0. The predicted octanol–water partition coefficient (Wildman–Crippen LogP) is -1.34. The molecule has 1 aromatic rings. The molecular formula is C29H42N4O10. The van der Waals surface area contributed by atoms with Gasteiger partial charge in [-0.2, -0.15) is 0 Å². The zero-order valence-corrected chi connectivity index (χ0v) is 24.9. The molecule has 0 aromatic heterocycles. The second-order valence-electron chi connectivity index (χ2n) is 11.2. The van der Waals surface area contributed by atoms with Gasteiger partial charge < -0.3 is 41.3 Å². The van der Waals surface area contributed by atoms with Crippen molar-refractivity contribution in [1.29, 1.82) is 0 Å². The molecule has 1 heterocycles.